The smallest absolute Gasteiger partial charge is 0.227 e. The Morgan fingerprint density at radius 2 is 2.07 bits per heavy atom. The van der Waals surface area contributed by atoms with E-state index in [-0.39, 0.29) is 18.6 Å². The highest BCUT2D eigenvalue weighted by Crippen LogP contribution is 2.37. The lowest BCUT2D eigenvalue weighted by atomic mass is 10.1. The third-order valence-corrected chi connectivity index (χ3v) is 6.14. The van der Waals surface area contributed by atoms with Crippen LogP contribution in [0.5, 0.6) is 0 Å². The Morgan fingerprint density at radius 1 is 1.25 bits per heavy atom. The fourth-order valence-electron chi connectivity index (χ4n) is 3.60. The quantitative estimate of drug-likeness (QED) is 0.597. The summed E-state index contributed by atoms with van der Waals surface area (Å²) in [4.78, 5) is 20.1. The molecular weight excluding hydrogens is 376 g/mol. The minimum absolute atomic E-state index is 0.0821. The number of rotatable bonds is 5. The van der Waals surface area contributed by atoms with Crippen molar-refractivity contribution >= 4 is 33.3 Å². The highest BCUT2D eigenvalue weighted by Gasteiger charge is 2.33. The van der Waals surface area contributed by atoms with Gasteiger partial charge in [-0.25, -0.2) is 9.97 Å². The van der Waals surface area contributed by atoms with Gasteiger partial charge in [0.25, 0.3) is 0 Å². The molecule has 0 unspecified atom stereocenters. The summed E-state index contributed by atoms with van der Waals surface area (Å²) in [5, 5.41) is 24.1. The summed E-state index contributed by atoms with van der Waals surface area (Å²) in [6.45, 7) is 2.03. The van der Waals surface area contributed by atoms with Crippen LogP contribution in [0.4, 0.5) is 11.8 Å². The number of aromatic nitrogens is 4. The number of nitrogens with one attached hydrogen (secondary N) is 1. The van der Waals surface area contributed by atoms with Gasteiger partial charge in [0.1, 0.15) is 16.3 Å². The van der Waals surface area contributed by atoms with Gasteiger partial charge in [0, 0.05) is 26.9 Å². The minimum atomic E-state index is -0.525. The van der Waals surface area contributed by atoms with E-state index in [2.05, 4.69) is 15.3 Å². The van der Waals surface area contributed by atoms with E-state index in [1.807, 2.05) is 32.0 Å². The van der Waals surface area contributed by atoms with Gasteiger partial charge in [-0.2, -0.15) is 4.98 Å². The van der Waals surface area contributed by atoms with Crippen LogP contribution in [0.2, 0.25) is 0 Å². The largest absolute Gasteiger partial charge is 0.396 e. The first-order chi connectivity index (χ1) is 13.5. The standard InChI is InChI=1S/C19H24N6O2S/c1-10-16(18-23-13-8-20-5-4-15(13)28-18)17(24-19(21-10)25(2)3)22-12-6-11(9-26)7-14(12)27/h4-5,8,11-12,14,26-27H,6-7,9H2,1-3H3,(H,21,22,24)/t11-,12+,14+/m0/s1. The van der Waals surface area contributed by atoms with Crippen molar-refractivity contribution in [1.29, 1.82) is 0 Å². The molecule has 3 aromatic rings. The molecule has 148 valence electrons. The number of pyridine rings is 1. The van der Waals surface area contributed by atoms with Gasteiger partial charge in [0.2, 0.25) is 5.95 Å². The van der Waals surface area contributed by atoms with Crippen molar-refractivity contribution < 1.29 is 10.2 Å². The molecule has 0 radical (unpaired) electrons. The van der Waals surface area contributed by atoms with Crippen LogP contribution in [0.1, 0.15) is 18.5 Å². The predicted molar refractivity (Wildman–Crippen MR) is 111 cm³/mol. The number of aliphatic hydroxyl groups excluding tert-OH is 2. The van der Waals surface area contributed by atoms with Gasteiger partial charge >= 0.3 is 0 Å². The van der Waals surface area contributed by atoms with E-state index in [1.165, 1.54) is 0 Å². The van der Waals surface area contributed by atoms with E-state index in [1.54, 1.807) is 23.7 Å². The second kappa shape index (κ2) is 7.57. The molecule has 1 aliphatic carbocycles. The third-order valence-electron chi connectivity index (χ3n) is 5.09. The topological polar surface area (TPSA) is 107 Å². The zero-order valence-corrected chi connectivity index (χ0v) is 16.9. The third kappa shape index (κ3) is 3.52. The van der Waals surface area contributed by atoms with Gasteiger partial charge in [-0.3, -0.25) is 4.98 Å². The molecule has 0 aliphatic heterocycles. The molecule has 8 nitrogen and oxygen atoms in total. The SMILES string of the molecule is Cc1nc(N(C)C)nc(N[C@@H]2C[C@H](CO)C[C@H]2O)c1-c1nc2cnccc2s1. The van der Waals surface area contributed by atoms with Gasteiger partial charge in [-0.15, -0.1) is 11.3 Å². The Hall–Kier alpha value is -2.36. The van der Waals surface area contributed by atoms with Crippen molar-refractivity contribution in [1.82, 2.24) is 19.9 Å². The number of thiazole rings is 1. The molecule has 1 saturated carbocycles. The second-order valence-electron chi connectivity index (χ2n) is 7.43. The summed E-state index contributed by atoms with van der Waals surface area (Å²) in [6.07, 6.45) is 4.26. The lowest BCUT2D eigenvalue weighted by Gasteiger charge is -2.21. The van der Waals surface area contributed by atoms with Crippen LogP contribution in [0, 0.1) is 12.8 Å². The number of hydrogen-bond acceptors (Lipinski definition) is 9. The molecule has 28 heavy (non-hydrogen) atoms. The van der Waals surface area contributed by atoms with Crippen LogP contribution in [0.15, 0.2) is 18.5 Å². The first-order valence-electron chi connectivity index (χ1n) is 9.28. The van der Waals surface area contributed by atoms with E-state index in [0.717, 1.165) is 26.5 Å². The maximum Gasteiger partial charge on any atom is 0.227 e. The molecule has 9 heteroatoms. The van der Waals surface area contributed by atoms with Crippen molar-refractivity contribution in [3.8, 4) is 10.6 Å². The van der Waals surface area contributed by atoms with Crippen LogP contribution in [0.3, 0.4) is 0 Å². The summed E-state index contributed by atoms with van der Waals surface area (Å²) in [6, 6.07) is 1.77. The molecule has 0 bridgehead atoms. The van der Waals surface area contributed by atoms with E-state index in [9.17, 15) is 10.2 Å². The van der Waals surface area contributed by atoms with E-state index in [0.29, 0.717) is 24.6 Å². The average molecular weight is 401 g/mol. The molecule has 0 amide bonds. The zero-order chi connectivity index (χ0) is 19.8. The normalized spacial score (nSPS) is 22.0. The highest BCUT2D eigenvalue weighted by molar-refractivity contribution is 7.21. The van der Waals surface area contributed by atoms with Crippen molar-refractivity contribution in [2.75, 3.05) is 30.9 Å². The molecule has 1 aliphatic rings. The first-order valence-corrected chi connectivity index (χ1v) is 10.1. The molecule has 4 rings (SSSR count). The Bertz CT molecular complexity index is 959. The highest BCUT2D eigenvalue weighted by atomic mass is 32.1. The first kappa shape index (κ1) is 19.0. The molecular formula is C19H24N6O2S. The maximum atomic E-state index is 10.4. The Kier molecular flexibility index (Phi) is 5.13. The van der Waals surface area contributed by atoms with E-state index < -0.39 is 6.10 Å². The van der Waals surface area contributed by atoms with Crippen LogP contribution < -0.4 is 10.2 Å². The van der Waals surface area contributed by atoms with Crippen LogP contribution in [0.25, 0.3) is 20.8 Å². The maximum absolute atomic E-state index is 10.4. The number of nitrogens with zero attached hydrogens (tertiary/aromatic N) is 5. The molecule has 0 aromatic carbocycles. The second-order valence-corrected chi connectivity index (χ2v) is 8.46. The van der Waals surface area contributed by atoms with Crippen LogP contribution >= 0.6 is 11.3 Å². The van der Waals surface area contributed by atoms with Gasteiger partial charge in [-0.05, 0) is 31.7 Å². The van der Waals surface area contributed by atoms with E-state index >= 15 is 0 Å². The van der Waals surface area contributed by atoms with Crippen molar-refractivity contribution in [2.45, 2.75) is 31.9 Å². The number of hydrogen-bond donors (Lipinski definition) is 3. The Balaban J connectivity index is 1.78. The van der Waals surface area contributed by atoms with Gasteiger partial charge < -0.3 is 20.4 Å². The molecule has 3 aromatic heterocycles. The molecule has 0 spiro atoms. The number of anilines is 2. The predicted octanol–water partition coefficient (Wildman–Crippen LogP) is 2.07. The summed E-state index contributed by atoms with van der Waals surface area (Å²) < 4.78 is 1.05. The summed E-state index contributed by atoms with van der Waals surface area (Å²) in [5.74, 6) is 1.35. The molecule has 0 saturated heterocycles. The van der Waals surface area contributed by atoms with Crippen molar-refractivity contribution in [3.63, 3.8) is 0 Å². The number of aryl methyl sites for hydroxylation is 1. The summed E-state index contributed by atoms with van der Waals surface area (Å²) in [7, 11) is 3.79. The fourth-order valence-corrected chi connectivity index (χ4v) is 4.63. The number of aliphatic hydroxyl groups is 2. The fraction of sp³-hybridized carbons (Fsp3) is 0.474. The summed E-state index contributed by atoms with van der Waals surface area (Å²) >= 11 is 1.57. The van der Waals surface area contributed by atoms with Crippen LogP contribution in [-0.4, -0.2) is 63.0 Å². The lowest BCUT2D eigenvalue weighted by Crippen LogP contribution is -2.29. The zero-order valence-electron chi connectivity index (χ0n) is 16.1. The Labute approximate surface area is 167 Å². The van der Waals surface area contributed by atoms with Crippen molar-refractivity contribution in [2.24, 2.45) is 5.92 Å². The Morgan fingerprint density at radius 3 is 2.75 bits per heavy atom. The lowest BCUT2D eigenvalue weighted by molar-refractivity contribution is 0.157. The van der Waals surface area contributed by atoms with Gasteiger partial charge in [-0.1, -0.05) is 0 Å². The average Bonchev–Trinajstić information content (AvgIpc) is 3.24. The molecule has 3 heterocycles. The summed E-state index contributed by atoms with van der Waals surface area (Å²) in [5.41, 5.74) is 2.50. The minimum Gasteiger partial charge on any atom is -0.396 e. The van der Waals surface area contributed by atoms with Crippen LogP contribution in [-0.2, 0) is 0 Å². The van der Waals surface area contributed by atoms with Crippen molar-refractivity contribution in [3.05, 3.63) is 24.2 Å². The monoisotopic (exact) mass is 400 g/mol. The van der Waals surface area contributed by atoms with E-state index in [4.69, 9.17) is 9.97 Å². The molecule has 3 atom stereocenters. The number of fused-ring (bicyclic) bond motifs is 1. The van der Waals surface area contributed by atoms with Gasteiger partial charge in [0.05, 0.1) is 34.3 Å². The molecule has 1 fully saturated rings. The molecule has 3 N–H and O–H groups in total. The van der Waals surface area contributed by atoms with Gasteiger partial charge in [0.15, 0.2) is 0 Å².